The Labute approximate surface area is 137 Å². The molecule has 0 saturated heterocycles. The van der Waals surface area contributed by atoms with Crippen LogP contribution in [0.3, 0.4) is 0 Å². The summed E-state index contributed by atoms with van der Waals surface area (Å²) in [4.78, 5) is 11.5. The van der Waals surface area contributed by atoms with Crippen molar-refractivity contribution in [3.8, 4) is 11.4 Å². The number of fused-ring (bicyclic) bond motifs is 1. The van der Waals surface area contributed by atoms with Crippen molar-refractivity contribution < 1.29 is 9.53 Å². The number of ether oxygens (including phenoxy) is 1. The van der Waals surface area contributed by atoms with E-state index in [-0.39, 0.29) is 11.2 Å². The van der Waals surface area contributed by atoms with Crippen molar-refractivity contribution in [1.82, 2.24) is 19.8 Å². The second kappa shape index (κ2) is 6.37. The molecule has 6 nitrogen and oxygen atoms in total. The monoisotopic (exact) mass is 328 g/mol. The minimum Gasteiger partial charge on any atom is -0.468 e. The Kier molecular flexibility index (Phi) is 4.29. The predicted octanol–water partition coefficient (Wildman–Crippen LogP) is 2.75. The first-order valence-electron chi connectivity index (χ1n) is 7.12. The molecule has 3 rings (SSSR count). The van der Waals surface area contributed by atoms with Gasteiger partial charge in [-0.1, -0.05) is 41.6 Å². The van der Waals surface area contributed by atoms with Crippen molar-refractivity contribution in [3.63, 3.8) is 0 Å². The van der Waals surface area contributed by atoms with Crippen LogP contribution in [0.4, 0.5) is 0 Å². The topological polar surface area (TPSA) is 69.4 Å². The average Bonchev–Trinajstić information content (AvgIpc) is 2.98. The first-order valence-corrected chi connectivity index (χ1v) is 8.00. The summed E-state index contributed by atoms with van der Waals surface area (Å²) >= 11 is 1.34. The number of esters is 1. The lowest BCUT2D eigenvalue weighted by atomic mass is 10.1. The normalized spacial score (nSPS) is 12.3. The number of carbonyl (C=O) groups excluding carboxylic acids is 1. The zero-order valence-corrected chi connectivity index (χ0v) is 13.9. The van der Waals surface area contributed by atoms with Crippen LogP contribution >= 0.6 is 11.8 Å². The number of rotatable bonds is 4. The molecule has 23 heavy (non-hydrogen) atoms. The first kappa shape index (κ1) is 15.5. The van der Waals surface area contributed by atoms with Gasteiger partial charge in [-0.2, -0.15) is 9.61 Å². The highest BCUT2D eigenvalue weighted by molar-refractivity contribution is 8.00. The Morgan fingerprint density at radius 2 is 1.91 bits per heavy atom. The molecule has 0 aliphatic rings. The third-order valence-corrected chi connectivity index (χ3v) is 4.38. The number of nitrogens with zero attached hydrogens (tertiary/aromatic N) is 4. The highest BCUT2D eigenvalue weighted by Crippen LogP contribution is 2.24. The Balaban J connectivity index is 1.97. The highest BCUT2D eigenvalue weighted by Gasteiger charge is 2.17. The molecule has 3 aromatic rings. The summed E-state index contributed by atoms with van der Waals surface area (Å²) in [5.41, 5.74) is 2.79. The molecule has 2 heterocycles. The fourth-order valence-corrected chi connectivity index (χ4v) is 2.94. The molecule has 2 aromatic heterocycles. The fourth-order valence-electron chi connectivity index (χ4n) is 2.11. The number of aromatic nitrogens is 4. The molecule has 0 N–H and O–H groups in total. The predicted molar refractivity (Wildman–Crippen MR) is 88.3 cm³/mol. The van der Waals surface area contributed by atoms with Crippen LogP contribution in [-0.4, -0.2) is 38.1 Å². The van der Waals surface area contributed by atoms with Gasteiger partial charge in [0.15, 0.2) is 11.5 Å². The molecule has 0 aliphatic heterocycles. The summed E-state index contributed by atoms with van der Waals surface area (Å²) in [6.07, 6.45) is 0. The number of thioether (sulfide) groups is 1. The Morgan fingerprint density at radius 1 is 1.17 bits per heavy atom. The summed E-state index contributed by atoms with van der Waals surface area (Å²) in [6.45, 7) is 3.82. The van der Waals surface area contributed by atoms with Gasteiger partial charge >= 0.3 is 5.97 Å². The van der Waals surface area contributed by atoms with Gasteiger partial charge in [0.2, 0.25) is 0 Å². The van der Waals surface area contributed by atoms with E-state index in [9.17, 15) is 4.79 Å². The lowest BCUT2D eigenvalue weighted by molar-refractivity contribution is -0.139. The van der Waals surface area contributed by atoms with Crippen LogP contribution < -0.4 is 0 Å². The number of hydrogen-bond acceptors (Lipinski definition) is 6. The van der Waals surface area contributed by atoms with E-state index in [2.05, 4.69) is 15.3 Å². The van der Waals surface area contributed by atoms with Crippen molar-refractivity contribution in [2.75, 3.05) is 7.11 Å². The van der Waals surface area contributed by atoms with E-state index >= 15 is 0 Å². The zero-order chi connectivity index (χ0) is 16.4. The Bertz CT molecular complexity index is 845. The van der Waals surface area contributed by atoms with Crippen molar-refractivity contribution in [2.24, 2.45) is 0 Å². The van der Waals surface area contributed by atoms with Crippen molar-refractivity contribution in [3.05, 3.63) is 42.0 Å². The number of benzene rings is 1. The number of carbonyl (C=O) groups is 1. The van der Waals surface area contributed by atoms with Gasteiger partial charge in [-0.05, 0) is 26.0 Å². The van der Waals surface area contributed by atoms with Crippen LogP contribution in [0.25, 0.3) is 17.0 Å². The largest absolute Gasteiger partial charge is 0.468 e. The minimum atomic E-state index is -0.329. The molecular formula is C16H16N4O2S. The van der Waals surface area contributed by atoms with E-state index in [0.717, 1.165) is 5.56 Å². The van der Waals surface area contributed by atoms with E-state index in [1.165, 1.54) is 24.4 Å². The fraction of sp³-hybridized carbons (Fsp3) is 0.250. The maximum Gasteiger partial charge on any atom is 0.318 e. The molecule has 0 amide bonds. The molecular weight excluding hydrogens is 312 g/mol. The van der Waals surface area contributed by atoms with Gasteiger partial charge < -0.3 is 4.74 Å². The van der Waals surface area contributed by atoms with Gasteiger partial charge in [-0.3, -0.25) is 4.79 Å². The van der Waals surface area contributed by atoms with E-state index in [4.69, 9.17) is 4.74 Å². The molecule has 0 unspecified atom stereocenters. The van der Waals surface area contributed by atoms with Gasteiger partial charge in [0, 0.05) is 5.56 Å². The van der Waals surface area contributed by atoms with Crippen LogP contribution in [0, 0.1) is 6.92 Å². The molecule has 0 aliphatic carbocycles. The molecule has 0 saturated carbocycles. The van der Waals surface area contributed by atoms with Gasteiger partial charge in [-0.25, -0.2) is 0 Å². The van der Waals surface area contributed by atoms with Crippen LogP contribution in [0.1, 0.15) is 12.5 Å². The summed E-state index contributed by atoms with van der Waals surface area (Å²) in [5, 5.41) is 13.3. The second-order valence-electron chi connectivity index (χ2n) is 5.11. The van der Waals surface area contributed by atoms with Crippen LogP contribution in [-0.2, 0) is 9.53 Å². The summed E-state index contributed by atoms with van der Waals surface area (Å²) in [5.74, 6) is 0.396. The van der Waals surface area contributed by atoms with E-state index < -0.39 is 0 Å². The maximum absolute atomic E-state index is 11.5. The quantitative estimate of drug-likeness (QED) is 0.542. The smallest absolute Gasteiger partial charge is 0.318 e. The van der Waals surface area contributed by atoms with Crippen LogP contribution in [0.5, 0.6) is 0 Å². The highest BCUT2D eigenvalue weighted by atomic mass is 32.2. The molecule has 0 radical (unpaired) electrons. The number of aryl methyl sites for hydroxylation is 1. The van der Waals surface area contributed by atoms with E-state index in [0.29, 0.717) is 16.5 Å². The molecule has 0 spiro atoms. The minimum absolute atomic E-state index is 0.278. The molecule has 0 fully saturated rings. The zero-order valence-electron chi connectivity index (χ0n) is 13.1. The Hall–Kier alpha value is -2.41. The third-order valence-electron chi connectivity index (χ3n) is 3.38. The molecule has 7 heteroatoms. The lowest BCUT2D eigenvalue weighted by Crippen LogP contribution is -2.15. The maximum atomic E-state index is 11.5. The van der Waals surface area contributed by atoms with Gasteiger partial charge in [0.25, 0.3) is 0 Å². The number of methoxy groups -OCH3 is 1. The molecule has 118 valence electrons. The summed E-state index contributed by atoms with van der Waals surface area (Å²) in [7, 11) is 1.38. The van der Waals surface area contributed by atoms with E-state index in [1.54, 1.807) is 11.4 Å². The molecule has 1 atom stereocenters. The van der Waals surface area contributed by atoms with Gasteiger partial charge in [-0.15, -0.1) is 10.2 Å². The standard InChI is InChI=1S/C16H16N4O2S/c1-10-4-6-12(7-5-10)15-18-17-13-8-9-14(19-20(13)15)23-11(2)16(21)22-3/h4-9,11H,1-3H3/t11-/m0/s1. The number of hydrogen-bond donors (Lipinski definition) is 0. The third kappa shape index (κ3) is 3.19. The van der Waals surface area contributed by atoms with Crippen LogP contribution in [0.15, 0.2) is 41.4 Å². The van der Waals surface area contributed by atoms with Crippen LogP contribution in [0.2, 0.25) is 0 Å². The van der Waals surface area contributed by atoms with Crippen molar-refractivity contribution >= 4 is 23.4 Å². The first-order chi connectivity index (χ1) is 11.1. The average molecular weight is 328 g/mol. The molecule has 1 aromatic carbocycles. The second-order valence-corrected chi connectivity index (χ2v) is 6.48. The summed E-state index contributed by atoms with van der Waals surface area (Å²) in [6, 6.07) is 11.7. The van der Waals surface area contributed by atoms with E-state index in [1.807, 2.05) is 43.3 Å². The SMILES string of the molecule is COC(=O)[C@H](C)Sc1ccc2nnc(-c3ccc(C)cc3)n2n1. The summed E-state index contributed by atoms with van der Waals surface area (Å²) < 4.78 is 6.43. The lowest BCUT2D eigenvalue weighted by Gasteiger charge is -2.08. The van der Waals surface area contributed by atoms with Gasteiger partial charge in [0.1, 0.15) is 10.3 Å². The Morgan fingerprint density at radius 3 is 2.61 bits per heavy atom. The van der Waals surface area contributed by atoms with Crippen molar-refractivity contribution in [2.45, 2.75) is 24.1 Å². The van der Waals surface area contributed by atoms with Crippen molar-refractivity contribution in [1.29, 1.82) is 0 Å². The van der Waals surface area contributed by atoms with Gasteiger partial charge in [0.05, 0.1) is 7.11 Å². The molecule has 0 bridgehead atoms.